The van der Waals surface area contributed by atoms with Crippen molar-refractivity contribution < 1.29 is 9.84 Å². The minimum absolute atomic E-state index is 0.118. The van der Waals surface area contributed by atoms with E-state index in [1.165, 1.54) is 15.9 Å². The number of ether oxygens (including phenoxy) is 1. The first-order valence-corrected chi connectivity index (χ1v) is 9.82. The molecule has 1 aromatic carbocycles. The van der Waals surface area contributed by atoms with Crippen molar-refractivity contribution in [3.63, 3.8) is 0 Å². The standard InChI is InChI=1S/C18H21ClN4O2S/c1-10-8-22(9-11(2)25-10)15(13-5-4-6-14(19)7-13)16-17(24)23-18(26-16)20-12(3)21-23/h4-7,10-11,15,24H,8-9H2,1-3H3/t10-,11+,15-/m0/s1. The molecule has 26 heavy (non-hydrogen) atoms. The van der Waals surface area contributed by atoms with Gasteiger partial charge in [-0.05, 0) is 38.5 Å². The fraction of sp³-hybridized carbons (Fsp3) is 0.444. The van der Waals surface area contributed by atoms with Gasteiger partial charge in [0.05, 0.1) is 23.1 Å². The quantitative estimate of drug-likeness (QED) is 0.737. The third-order valence-electron chi connectivity index (χ3n) is 4.53. The largest absolute Gasteiger partial charge is 0.492 e. The second-order valence-electron chi connectivity index (χ2n) is 6.81. The lowest BCUT2D eigenvalue weighted by molar-refractivity contribution is -0.0764. The van der Waals surface area contributed by atoms with Crippen molar-refractivity contribution in [1.29, 1.82) is 0 Å². The van der Waals surface area contributed by atoms with Gasteiger partial charge in [-0.15, -0.1) is 5.10 Å². The summed E-state index contributed by atoms with van der Waals surface area (Å²) < 4.78 is 7.41. The van der Waals surface area contributed by atoms with Crippen LogP contribution in [-0.2, 0) is 4.74 Å². The van der Waals surface area contributed by atoms with Crippen LogP contribution < -0.4 is 0 Å². The zero-order chi connectivity index (χ0) is 18.4. The lowest BCUT2D eigenvalue weighted by atomic mass is 10.0. The number of aromatic hydroxyl groups is 1. The van der Waals surface area contributed by atoms with Crippen molar-refractivity contribution in [3.05, 3.63) is 45.6 Å². The Morgan fingerprint density at radius 2 is 2.04 bits per heavy atom. The van der Waals surface area contributed by atoms with Crippen molar-refractivity contribution in [3.8, 4) is 5.88 Å². The first kappa shape index (κ1) is 17.7. The molecule has 2 aromatic heterocycles. The first-order chi connectivity index (χ1) is 12.4. The molecule has 0 amide bonds. The molecule has 0 unspecified atom stereocenters. The van der Waals surface area contributed by atoms with Crippen molar-refractivity contribution >= 4 is 27.9 Å². The summed E-state index contributed by atoms with van der Waals surface area (Å²) >= 11 is 7.72. The zero-order valence-corrected chi connectivity index (χ0v) is 16.5. The number of hydrogen-bond donors (Lipinski definition) is 1. The Kier molecular flexibility index (Phi) is 4.64. The number of benzene rings is 1. The number of aryl methyl sites for hydroxylation is 1. The van der Waals surface area contributed by atoms with E-state index in [1.54, 1.807) is 0 Å². The maximum absolute atomic E-state index is 10.8. The van der Waals surface area contributed by atoms with Gasteiger partial charge in [0.2, 0.25) is 10.8 Å². The first-order valence-electron chi connectivity index (χ1n) is 8.62. The molecule has 138 valence electrons. The molecule has 1 fully saturated rings. The van der Waals surface area contributed by atoms with Crippen molar-refractivity contribution in [2.45, 2.75) is 39.0 Å². The van der Waals surface area contributed by atoms with Gasteiger partial charge in [-0.2, -0.15) is 4.52 Å². The summed E-state index contributed by atoms with van der Waals surface area (Å²) in [5.74, 6) is 0.786. The molecule has 0 saturated carbocycles. The van der Waals surface area contributed by atoms with Crippen LogP contribution in [0.1, 0.15) is 36.2 Å². The summed E-state index contributed by atoms with van der Waals surface area (Å²) in [4.78, 5) is 8.25. The molecule has 3 heterocycles. The van der Waals surface area contributed by atoms with Gasteiger partial charge in [-0.25, -0.2) is 4.98 Å². The van der Waals surface area contributed by atoms with E-state index < -0.39 is 0 Å². The van der Waals surface area contributed by atoms with E-state index in [9.17, 15) is 5.11 Å². The Morgan fingerprint density at radius 1 is 1.31 bits per heavy atom. The van der Waals surface area contributed by atoms with E-state index in [4.69, 9.17) is 16.3 Å². The number of rotatable bonds is 3. The van der Waals surface area contributed by atoms with Gasteiger partial charge in [-0.3, -0.25) is 4.90 Å². The molecule has 8 heteroatoms. The van der Waals surface area contributed by atoms with Gasteiger partial charge in [0, 0.05) is 18.1 Å². The average Bonchev–Trinajstić information content (AvgIpc) is 3.05. The summed E-state index contributed by atoms with van der Waals surface area (Å²) in [6.45, 7) is 7.51. The van der Waals surface area contributed by atoms with Crippen LogP contribution >= 0.6 is 22.9 Å². The van der Waals surface area contributed by atoms with Crippen LogP contribution in [0.5, 0.6) is 5.88 Å². The maximum Gasteiger partial charge on any atom is 0.230 e. The molecular formula is C18H21ClN4O2S. The summed E-state index contributed by atoms with van der Waals surface area (Å²) in [5, 5.41) is 15.8. The Labute approximate surface area is 161 Å². The second-order valence-corrected chi connectivity index (χ2v) is 8.26. The fourth-order valence-electron chi connectivity index (χ4n) is 3.66. The highest BCUT2D eigenvalue weighted by atomic mass is 35.5. The van der Waals surface area contributed by atoms with E-state index in [1.807, 2.05) is 31.2 Å². The van der Waals surface area contributed by atoms with Gasteiger partial charge < -0.3 is 9.84 Å². The number of aromatic nitrogens is 3. The van der Waals surface area contributed by atoms with Crippen LogP contribution in [-0.4, -0.2) is 49.9 Å². The monoisotopic (exact) mass is 392 g/mol. The van der Waals surface area contributed by atoms with Crippen LogP contribution in [0.25, 0.3) is 4.96 Å². The zero-order valence-electron chi connectivity index (χ0n) is 14.9. The number of morpholine rings is 1. The predicted octanol–water partition coefficient (Wildman–Crippen LogP) is 3.66. The number of nitrogens with zero attached hydrogens (tertiary/aromatic N) is 4. The maximum atomic E-state index is 10.8. The molecule has 0 aliphatic carbocycles. The Hall–Kier alpha value is -1.67. The summed E-state index contributed by atoms with van der Waals surface area (Å²) in [6, 6.07) is 7.67. The van der Waals surface area contributed by atoms with E-state index in [2.05, 4.69) is 28.8 Å². The highest BCUT2D eigenvalue weighted by Gasteiger charge is 2.34. The van der Waals surface area contributed by atoms with Crippen LogP contribution in [0.4, 0.5) is 0 Å². The SMILES string of the molecule is Cc1nc2sc([C@H](c3cccc(Cl)c3)N3C[C@@H](C)O[C@@H](C)C3)c(O)n2n1. The molecule has 1 saturated heterocycles. The molecule has 0 spiro atoms. The van der Waals surface area contributed by atoms with Crippen LogP contribution in [0, 0.1) is 6.92 Å². The minimum atomic E-state index is -0.128. The predicted molar refractivity (Wildman–Crippen MR) is 102 cm³/mol. The average molecular weight is 393 g/mol. The summed E-state index contributed by atoms with van der Waals surface area (Å²) in [7, 11) is 0. The van der Waals surface area contributed by atoms with Gasteiger partial charge in [0.15, 0.2) is 0 Å². The Bertz CT molecular complexity index is 931. The Balaban J connectivity index is 1.84. The Morgan fingerprint density at radius 3 is 2.69 bits per heavy atom. The van der Waals surface area contributed by atoms with Crippen LogP contribution in [0.15, 0.2) is 24.3 Å². The van der Waals surface area contributed by atoms with E-state index in [-0.39, 0.29) is 24.1 Å². The van der Waals surface area contributed by atoms with Gasteiger partial charge in [-0.1, -0.05) is 35.1 Å². The molecule has 1 N–H and O–H groups in total. The molecule has 0 bridgehead atoms. The topological polar surface area (TPSA) is 62.9 Å². The fourth-order valence-corrected chi connectivity index (χ4v) is 5.02. The van der Waals surface area contributed by atoms with E-state index in [0.717, 1.165) is 23.5 Å². The minimum Gasteiger partial charge on any atom is -0.492 e. The molecule has 6 nitrogen and oxygen atoms in total. The molecular weight excluding hydrogens is 372 g/mol. The van der Waals surface area contributed by atoms with Crippen molar-refractivity contribution in [1.82, 2.24) is 19.5 Å². The second kappa shape index (κ2) is 6.81. The molecule has 3 atom stereocenters. The number of thiazole rings is 1. The third kappa shape index (κ3) is 3.20. The lowest BCUT2D eigenvalue weighted by Gasteiger charge is -2.40. The van der Waals surface area contributed by atoms with Crippen molar-refractivity contribution in [2.75, 3.05) is 13.1 Å². The van der Waals surface area contributed by atoms with Gasteiger partial charge in [0.1, 0.15) is 5.82 Å². The van der Waals surface area contributed by atoms with Crippen molar-refractivity contribution in [2.24, 2.45) is 0 Å². The number of hydrogen-bond acceptors (Lipinski definition) is 6. The van der Waals surface area contributed by atoms with Gasteiger partial charge >= 0.3 is 0 Å². The molecule has 4 rings (SSSR count). The molecule has 3 aromatic rings. The molecule has 1 aliphatic rings. The smallest absolute Gasteiger partial charge is 0.230 e. The lowest BCUT2D eigenvalue weighted by Crippen LogP contribution is -2.47. The molecule has 0 radical (unpaired) electrons. The van der Waals surface area contributed by atoms with Crippen LogP contribution in [0.2, 0.25) is 5.02 Å². The van der Waals surface area contributed by atoms with Gasteiger partial charge in [0.25, 0.3) is 0 Å². The number of halogens is 1. The summed E-state index contributed by atoms with van der Waals surface area (Å²) in [5.41, 5.74) is 1.04. The van der Waals surface area contributed by atoms with E-state index >= 15 is 0 Å². The number of fused-ring (bicyclic) bond motifs is 1. The summed E-state index contributed by atoms with van der Waals surface area (Å²) in [6.07, 6.45) is 0.235. The third-order valence-corrected chi connectivity index (χ3v) is 5.84. The van der Waals surface area contributed by atoms with Crippen LogP contribution in [0.3, 0.4) is 0 Å². The highest BCUT2D eigenvalue weighted by Crippen LogP contribution is 2.41. The normalized spacial score (nSPS) is 22.8. The molecule has 1 aliphatic heterocycles. The van der Waals surface area contributed by atoms with E-state index in [0.29, 0.717) is 15.8 Å². The highest BCUT2D eigenvalue weighted by molar-refractivity contribution is 7.17.